The van der Waals surface area contributed by atoms with Crippen molar-refractivity contribution in [1.29, 1.82) is 0 Å². The van der Waals surface area contributed by atoms with Gasteiger partial charge in [0.25, 0.3) is 0 Å². The molecule has 3 aromatic rings. The first-order valence-corrected chi connectivity index (χ1v) is 10.6. The Hall–Kier alpha value is -3.06. The summed E-state index contributed by atoms with van der Waals surface area (Å²) in [5.41, 5.74) is 4.06. The molecule has 0 aromatic carbocycles. The molecule has 0 atom stereocenters. The van der Waals surface area contributed by atoms with Gasteiger partial charge in [0.1, 0.15) is 11.6 Å². The van der Waals surface area contributed by atoms with Crippen LogP contribution in [0.1, 0.15) is 23.7 Å². The molecule has 0 aliphatic carbocycles. The maximum atomic E-state index is 4.73. The molecule has 0 amide bonds. The van der Waals surface area contributed by atoms with E-state index in [1.54, 1.807) is 12.4 Å². The van der Waals surface area contributed by atoms with E-state index in [0.29, 0.717) is 12.4 Å². The molecule has 4 rings (SSSR count). The first-order valence-electron chi connectivity index (χ1n) is 10.6. The van der Waals surface area contributed by atoms with E-state index in [-0.39, 0.29) is 0 Å². The zero-order valence-corrected chi connectivity index (χ0v) is 18.0. The molecule has 156 valence electrons. The standard InChI is InChI=1S/C23H29N7/c1-4-29-10-12-30(13-11-29)21-8-7-19(14-25-21)15-26-22-17(2)18(3)27-23(28-22)20-6-5-9-24-16-20/h5-9,14,16H,4,10-13,15H2,1-3H3,(H,26,27,28). The molecule has 1 aliphatic heterocycles. The summed E-state index contributed by atoms with van der Waals surface area (Å²) in [5.74, 6) is 2.59. The van der Waals surface area contributed by atoms with Gasteiger partial charge in [0, 0.05) is 68.1 Å². The van der Waals surface area contributed by atoms with Crippen molar-refractivity contribution in [1.82, 2.24) is 24.8 Å². The minimum absolute atomic E-state index is 0.667. The van der Waals surface area contributed by atoms with Crippen molar-refractivity contribution in [3.8, 4) is 11.4 Å². The molecular weight excluding hydrogens is 374 g/mol. The van der Waals surface area contributed by atoms with Crippen LogP contribution in [0.2, 0.25) is 0 Å². The summed E-state index contributed by atoms with van der Waals surface area (Å²) < 4.78 is 0. The highest BCUT2D eigenvalue weighted by Gasteiger charge is 2.16. The van der Waals surface area contributed by atoms with Crippen molar-refractivity contribution in [3.05, 3.63) is 59.7 Å². The third-order valence-corrected chi connectivity index (χ3v) is 5.72. The zero-order valence-electron chi connectivity index (χ0n) is 18.0. The van der Waals surface area contributed by atoms with Gasteiger partial charge in [-0.2, -0.15) is 0 Å². The summed E-state index contributed by atoms with van der Waals surface area (Å²) in [6.07, 6.45) is 5.50. The summed E-state index contributed by atoms with van der Waals surface area (Å²) >= 11 is 0. The second kappa shape index (κ2) is 9.17. The number of aromatic nitrogens is 4. The Morgan fingerprint density at radius 1 is 1.00 bits per heavy atom. The first kappa shape index (κ1) is 20.2. The van der Waals surface area contributed by atoms with Crippen LogP contribution in [0.5, 0.6) is 0 Å². The van der Waals surface area contributed by atoms with E-state index in [1.807, 2.05) is 32.2 Å². The van der Waals surface area contributed by atoms with Crippen molar-refractivity contribution in [2.45, 2.75) is 27.3 Å². The monoisotopic (exact) mass is 403 g/mol. The van der Waals surface area contributed by atoms with Gasteiger partial charge < -0.3 is 15.1 Å². The van der Waals surface area contributed by atoms with E-state index in [1.165, 1.54) is 0 Å². The number of pyridine rings is 2. The van der Waals surface area contributed by atoms with Crippen LogP contribution in [0, 0.1) is 13.8 Å². The van der Waals surface area contributed by atoms with E-state index in [4.69, 9.17) is 9.97 Å². The van der Waals surface area contributed by atoms with Crippen molar-refractivity contribution in [2.75, 3.05) is 42.9 Å². The number of aryl methyl sites for hydroxylation is 1. The van der Waals surface area contributed by atoms with E-state index in [2.05, 4.69) is 44.1 Å². The smallest absolute Gasteiger partial charge is 0.163 e. The lowest BCUT2D eigenvalue weighted by atomic mass is 10.2. The molecule has 0 bridgehead atoms. The SMILES string of the molecule is CCN1CCN(c2ccc(CNc3nc(-c4cccnc4)nc(C)c3C)cn2)CC1. The van der Waals surface area contributed by atoms with Crippen LogP contribution in [0.15, 0.2) is 42.9 Å². The Morgan fingerprint density at radius 2 is 1.83 bits per heavy atom. The molecule has 0 spiro atoms. The Labute approximate surface area is 178 Å². The Balaban J connectivity index is 1.43. The maximum absolute atomic E-state index is 4.73. The van der Waals surface area contributed by atoms with Gasteiger partial charge in [0.2, 0.25) is 0 Å². The van der Waals surface area contributed by atoms with E-state index in [0.717, 1.165) is 66.7 Å². The number of hydrogen-bond acceptors (Lipinski definition) is 7. The van der Waals surface area contributed by atoms with Crippen LogP contribution >= 0.6 is 0 Å². The van der Waals surface area contributed by atoms with E-state index >= 15 is 0 Å². The van der Waals surface area contributed by atoms with Crippen LogP contribution < -0.4 is 10.2 Å². The number of likely N-dealkylation sites (N-methyl/N-ethyl adjacent to an activating group) is 1. The highest BCUT2D eigenvalue weighted by molar-refractivity contribution is 5.58. The zero-order chi connectivity index (χ0) is 20.9. The van der Waals surface area contributed by atoms with Gasteiger partial charge >= 0.3 is 0 Å². The van der Waals surface area contributed by atoms with Gasteiger partial charge in [-0.15, -0.1) is 0 Å². The van der Waals surface area contributed by atoms with Gasteiger partial charge in [-0.3, -0.25) is 4.98 Å². The number of nitrogens with zero attached hydrogens (tertiary/aromatic N) is 6. The molecule has 7 nitrogen and oxygen atoms in total. The third kappa shape index (κ3) is 4.57. The van der Waals surface area contributed by atoms with Gasteiger partial charge in [-0.1, -0.05) is 13.0 Å². The average molecular weight is 404 g/mol. The molecule has 0 saturated carbocycles. The molecule has 3 aromatic heterocycles. The second-order valence-electron chi connectivity index (χ2n) is 7.65. The lowest BCUT2D eigenvalue weighted by Crippen LogP contribution is -2.46. The topological polar surface area (TPSA) is 70.1 Å². The number of piperazine rings is 1. The lowest BCUT2D eigenvalue weighted by molar-refractivity contribution is 0.270. The lowest BCUT2D eigenvalue weighted by Gasteiger charge is -2.34. The largest absolute Gasteiger partial charge is 0.366 e. The first-order chi connectivity index (χ1) is 14.6. The molecule has 1 N–H and O–H groups in total. The predicted octanol–water partition coefficient (Wildman–Crippen LogP) is 3.30. The summed E-state index contributed by atoms with van der Waals surface area (Å²) in [5, 5.41) is 3.46. The van der Waals surface area contributed by atoms with Crippen LogP contribution in [0.3, 0.4) is 0 Å². The van der Waals surface area contributed by atoms with Gasteiger partial charge in [0.15, 0.2) is 5.82 Å². The molecule has 30 heavy (non-hydrogen) atoms. The summed E-state index contributed by atoms with van der Waals surface area (Å²) in [4.78, 5) is 23.1. The number of nitrogens with one attached hydrogen (secondary N) is 1. The molecule has 4 heterocycles. The van der Waals surface area contributed by atoms with Crippen molar-refractivity contribution in [3.63, 3.8) is 0 Å². The molecular formula is C23H29N7. The number of rotatable bonds is 6. The van der Waals surface area contributed by atoms with Crippen LogP contribution in [-0.2, 0) is 6.54 Å². The molecule has 0 radical (unpaired) electrons. The number of anilines is 2. The number of hydrogen-bond donors (Lipinski definition) is 1. The minimum Gasteiger partial charge on any atom is -0.366 e. The summed E-state index contributed by atoms with van der Waals surface area (Å²) in [6, 6.07) is 8.14. The summed E-state index contributed by atoms with van der Waals surface area (Å²) in [7, 11) is 0. The van der Waals surface area contributed by atoms with E-state index in [9.17, 15) is 0 Å². The van der Waals surface area contributed by atoms with Crippen LogP contribution in [0.4, 0.5) is 11.6 Å². The summed E-state index contributed by atoms with van der Waals surface area (Å²) in [6.45, 7) is 12.3. The minimum atomic E-state index is 0.667. The highest BCUT2D eigenvalue weighted by Crippen LogP contribution is 2.22. The van der Waals surface area contributed by atoms with Gasteiger partial charge in [-0.25, -0.2) is 15.0 Å². The Kier molecular flexibility index (Phi) is 6.18. The van der Waals surface area contributed by atoms with Crippen LogP contribution in [0.25, 0.3) is 11.4 Å². The molecule has 1 fully saturated rings. The fourth-order valence-electron chi connectivity index (χ4n) is 3.61. The second-order valence-corrected chi connectivity index (χ2v) is 7.65. The van der Waals surface area contributed by atoms with Crippen molar-refractivity contribution < 1.29 is 0 Å². The molecule has 7 heteroatoms. The fraction of sp³-hybridized carbons (Fsp3) is 0.391. The highest BCUT2D eigenvalue weighted by atomic mass is 15.3. The molecule has 1 saturated heterocycles. The Bertz CT molecular complexity index is 965. The van der Waals surface area contributed by atoms with Gasteiger partial charge in [0.05, 0.1) is 0 Å². The fourth-order valence-corrected chi connectivity index (χ4v) is 3.61. The maximum Gasteiger partial charge on any atom is 0.163 e. The third-order valence-electron chi connectivity index (χ3n) is 5.72. The normalized spacial score (nSPS) is 14.7. The van der Waals surface area contributed by atoms with Crippen molar-refractivity contribution in [2.24, 2.45) is 0 Å². The van der Waals surface area contributed by atoms with Gasteiger partial charge in [-0.05, 0) is 44.2 Å². The van der Waals surface area contributed by atoms with Crippen LogP contribution in [-0.4, -0.2) is 57.6 Å². The average Bonchev–Trinajstić information content (AvgIpc) is 2.81. The van der Waals surface area contributed by atoms with E-state index < -0.39 is 0 Å². The molecule has 0 unspecified atom stereocenters. The quantitative estimate of drug-likeness (QED) is 0.677. The predicted molar refractivity (Wildman–Crippen MR) is 121 cm³/mol. The van der Waals surface area contributed by atoms with Crippen molar-refractivity contribution >= 4 is 11.6 Å². The Morgan fingerprint density at radius 3 is 2.50 bits per heavy atom. The molecule has 1 aliphatic rings.